The minimum Gasteiger partial charge on any atom is -0.492 e. The van der Waals surface area contributed by atoms with Gasteiger partial charge in [-0.3, -0.25) is 9.69 Å². The number of hydrogen-bond acceptors (Lipinski definition) is 4. The summed E-state index contributed by atoms with van der Waals surface area (Å²) in [6, 6.07) is 8.01. The van der Waals surface area contributed by atoms with E-state index >= 15 is 0 Å². The maximum Gasteiger partial charge on any atom is 0.307 e. The molecule has 2 rings (SSSR count). The lowest BCUT2D eigenvalue weighted by molar-refractivity contribution is -0.141. The van der Waals surface area contributed by atoms with E-state index in [-0.39, 0.29) is 5.92 Å². The number of aliphatic carboxylic acids is 1. The Hall–Kier alpha value is -1.20. The zero-order valence-corrected chi connectivity index (χ0v) is 11.9. The van der Waals surface area contributed by atoms with Crippen LogP contribution in [0.4, 0.5) is 0 Å². The fraction of sp³-hybridized carbons (Fsp3) is 0.500. The Balaban J connectivity index is 1.70. The normalized spacial score (nSPS) is 19.5. The Kier molecular flexibility index (Phi) is 5.10. The van der Waals surface area contributed by atoms with Gasteiger partial charge in [0.2, 0.25) is 0 Å². The first-order chi connectivity index (χ1) is 9.19. The lowest BCUT2D eigenvalue weighted by Crippen LogP contribution is -2.27. The molecule has 1 aromatic rings. The van der Waals surface area contributed by atoms with Crippen LogP contribution >= 0.6 is 11.8 Å². The van der Waals surface area contributed by atoms with Crippen LogP contribution < -0.4 is 4.74 Å². The molecule has 0 amide bonds. The minimum atomic E-state index is -0.684. The molecule has 1 atom stereocenters. The zero-order valence-electron chi connectivity index (χ0n) is 11.0. The average molecular weight is 281 g/mol. The van der Waals surface area contributed by atoms with E-state index in [4.69, 9.17) is 9.84 Å². The third kappa shape index (κ3) is 4.14. The summed E-state index contributed by atoms with van der Waals surface area (Å²) >= 11 is 1.71. The van der Waals surface area contributed by atoms with Crippen LogP contribution in [0.3, 0.4) is 0 Å². The second-order valence-corrected chi connectivity index (χ2v) is 5.53. The van der Waals surface area contributed by atoms with Gasteiger partial charge in [-0.05, 0) is 43.5 Å². The summed E-state index contributed by atoms with van der Waals surface area (Å²) in [5, 5.41) is 8.92. The molecule has 0 bridgehead atoms. The van der Waals surface area contributed by atoms with Crippen LogP contribution in [0.15, 0.2) is 29.2 Å². The molecule has 1 aliphatic heterocycles. The summed E-state index contributed by atoms with van der Waals surface area (Å²) in [7, 11) is 0. The van der Waals surface area contributed by atoms with Gasteiger partial charge >= 0.3 is 5.97 Å². The largest absolute Gasteiger partial charge is 0.492 e. The van der Waals surface area contributed by atoms with Crippen LogP contribution in [-0.4, -0.2) is 48.5 Å². The van der Waals surface area contributed by atoms with Gasteiger partial charge in [-0.1, -0.05) is 0 Å². The second kappa shape index (κ2) is 6.82. The third-order valence-electron chi connectivity index (χ3n) is 3.36. The van der Waals surface area contributed by atoms with E-state index in [1.165, 1.54) is 4.90 Å². The van der Waals surface area contributed by atoms with Crippen molar-refractivity contribution in [2.45, 2.75) is 11.3 Å². The zero-order chi connectivity index (χ0) is 13.7. The van der Waals surface area contributed by atoms with E-state index in [9.17, 15) is 4.79 Å². The smallest absolute Gasteiger partial charge is 0.307 e. The van der Waals surface area contributed by atoms with E-state index in [0.29, 0.717) is 13.2 Å². The number of nitrogens with zero attached hydrogens (tertiary/aromatic N) is 1. The van der Waals surface area contributed by atoms with Crippen molar-refractivity contribution in [3.05, 3.63) is 24.3 Å². The van der Waals surface area contributed by atoms with Gasteiger partial charge < -0.3 is 9.84 Å². The first-order valence-corrected chi connectivity index (χ1v) is 7.63. The standard InChI is InChI=1S/C14H19NO3S/c1-19-13-4-2-12(3-5-13)18-9-8-15-7-6-11(10-15)14(16)17/h2-5,11H,6-10H2,1H3,(H,16,17). The summed E-state index contributed by atoms with van der Waals surface area (Å²) in [5.41, 5.74) is 0. The van der Waals surface area contributed by atoms with E-state index in [2.05, 4.69) is 4.90 Å². The van der Waals surface area contributed by atoms with E-state index < -0.39 is 5.97 Å². The molecule has 1 aromatic carbocycles. The molecule has 1 saturated heterocycles. The lowest BCUT2D eigenvalue weighted by Gasteiger charge is -2.15. The van der Waals surface area contributed by atoms with E-state index in [0.717, 1.165) is 25.3 Å². The number of benzene rings is 1. The molecule has 0 aliphatic carbocycles. The van der Waals surface area contributed by atoms with Crippen LogP contribution in [0, 0.1) is 5.92 Å². The van der Waals surface area contributed by atoms with Crippen molar-refractivity contribution < 1.29 is 14.6 Å². The highest BCUT2D eigenvalue weighted by Crippen LogP contribution is 2.19. The quantitative estimate of drug-likeness (QED) is 0.810. The molecule has 104 valence electrons. The summed E-state index contributed by atoms with van der Waals surface area (Å²) < 4.78 is 5.66. The Morgan fingerprint density at radius 3 is 2.79 bits per heavy atom. The molecule has 1 heterocycles. The van der Waals surface area contributed by atoms with Gasteiger partial charge in [0.05, 0.1) is 5.92 Å². The molecular weight excluding hydrogens is 262 g/mol. The summed E-state index contributed by atoms with van der Waals surface area (Å²) in [6.07, 6.45) is 2.79. The molecule has 0 aromatic heterocycles. The number of rotatable bonds is 6. The third-order valence-corrected chi connectivity index (χ3v) is 4.10. The van der Waals surface area contributed by atoms with Crippen LogP contribution in [0.5, 0.6) is 5.75 Å². The first-order valence-electron chi connectivity index (χ1n) is 6.41. The van der Waals surface area contributed by atoms with Gasteiger partial charge in [-0.2, -0.15) is 0 Å². The van der Waals surface area contributed by atoms with Gasteiger partial charge in [0.15, 0.2) is 0 Å². The molecular formula is C14H19NO3S. The van der Waals surface area contributed by atoms with Crippen LogP contribution in [-0.2, 0) is 4.79 Å². The van der Waals surface area contributed by atoms with Crippen LogP contribution in [0.25, 0.3) is 0 Å². The molecule has 0 spiro atoms. The molecule has 1 N–H and O–H groups in total. The van der Waals surface area contributed by atoms with Gasteiger partial charge in [-0.15, -0.1) is 11.8 Å². The van der Waals surface area contributed by atoms with Crippen molar-refractivity contribution in [1.82, 2.24) is 4.90 Å². The van der Waals surface area contributed by atoms with E-state index in [1.807, 2.05) is 30.5 Å². The fourth-order valence-electron chi connectivity index (χ4n) is 2.20. The fourth-order valence-corrected chi connectivity index (χ4v) is 2.61. The van der Waals surface area contributed by atoms with Crippen molar-refractivity contribution in [2.24, 2.45) is 5.92 Å². The Labute approximate surface area is 117 Å². The second-order valence-electron chi connectivity index (χ2n) is 4.65. The number of ether oxygens (including phenoxy) is 1. The summed E-state index contributed by atoms with van der Waals surface area (Å²) in [4.78, 5) is 14.2. The molecule has 1 fully saturated rings. The summed E-state index contributed by atoms with van der Waals surface area (Å²) in [6.45, 7) is 2.88. The average Bonchev–Trinajstić information content (AvgIpc) is 2.89. The van der Waals surface area contributed by atoms with E-state index in [1.54, 1.807) is 11.8 Å². The molecule has 19 heavy (non-hydrogen) atoms. The number of carboxylic acid groups (broad SMARTS) is 1. The Bertz CT molecular complexity index is 421. The highest BCUT2D eigenvalue weighted by Gasteiger charge is 2.27. The highest BCUT2D eigenvalue weighted by atomic mass is 32.2. The number of carbonyl (C=O) groups is 1. The van der Waals surface area contributed by atoms with Gasteiger partial charge in [0.1, 0.15) is 12.4 Å². The maximum absolute atomic E-state index is 10.8. The number of carboxylic acids is 1. The summed E-state index contributed by atoms with van der Waals surface area (Å²) in [5.74, 6) is -0.0243. The first kappa shape index (κ1) is 14.2. The molecule has 4 nitrogen and oxygen atoms in total. The van der Waals surface area contributed by atoms with Gasteiger partial charge in [-0.25, -0.2) is 0 Å². The topological polar surface area (TPSA) is 49.8 Å². The molecule has 1 unspecified atom stereocenters. The Morgan fingerprint density at radius 2 is 2.21 bits per heavy atom. The molecule has 1 aliphatic rings. The van der Waals surface area contributed by atoms with Crippen molar-refractivity contribution in [2.75, 3.05) is 32.5 Å². The molecule has 0 radical (unpaired) electrons. The monoisotopic (exact) mass is 281 g/mol. The number of hydrogen-bond donors (Lipinski definition) is 1. The Morgan fingerprint density at radius 1 is 1.47 bits per heavy atom. The predicted octanol–water partition coefficient (Wildman–Crippen LogP) is 2.19. The van der Waals surface area contributed by atoms with Gasteiger partial charge in [0.25, 0.3) is 0 Å². The van der Waals surface area contributed by atoms with Crippen LogP contribution in [0.1, 0.15) is 6.42 Å². The number of likely N-dealkylation sites (tertiary alicyclic amines) is 1. The maximum atomic E-state index is 10.8. The lowest BCUT2D eigenvalue weighted by atomic mass is 10.1. The van der Waals surface area contributed by atoms with Crippen molar-refractivity contribution in [3.8, 4) is 5.75 Å². The molecule has 5 heteroatoms. The van der Waals surface area contributed by atoms with Crippen molar-refractivity contribution >= 4 is 17.7 Å². The SMILES string of the molecule is CSc1ccc(OCCN2CCC(C(=O)O)C2)cc1. The number of thioether (sulfide) groups is 1. The van der Waals surface area contributed by atoms with Crippen LogP contribution in [0.2, 0.25) is 0 Å². The van der Waals surface area contributed by atoms with Crippen molar-refractivity contribution in [1.29, 1.82) is 0 Å². The minimum absolute atomic E-state index is 0.208. The highest BCUT2D eigenvalue weighted by molar-refractivity contribution is 7.98. The van der Waals surface area contributed by atoms with Crippen molar-refractivity contribution in [3.63, 3.8) is 0 Å². The predicted molar refractivity (Wildman–Crippen MR) is 75.9 cm³/mol. The van der Waals surface area contributed by atoms with Gasteiger partial charge in [0, 0.05) is 18.0 Å². The molecule has 0 saturated carbocycles.